The molecule has 74 valence electrons. The van der Waals surface area contributed by atoms with Gasteiger partial charge in [-0.05, 0) is 0 Å². The maximum atomic E-state index is 10.8. The van der Waals surface area contributed by atoms with Gasteiger partial charge in [0.2, 0.25) is 0 Å². The van der Waals surface area contributed by atoms with E-state index in [9.17, 15) is 9.59 Å². The maximum Gasteiger partial charge on any atom is 0.333 e. The molecule has 0 aliphatic heterocycles. The third-order valence-electron chi connectivity index (χ3n) is 1.17. The smallest absolute Gasteiger partial charge is 0.333 e. The third-order valence-corrected chi connectivity index (χ3v) is 1.17. The standard InChI is InChI=1S/C6H12N4O3/c1-10(6(8)9)3-5(12)13-4(11)2-7/h2-3,7H2,1H3,(H3,8,9). The summed E-state index contributed by atoms with van der Waals surface area (Å²) >= 11 is 0. The molecule has 5 N–H and O–H groups in total. The highest BCUT2D eigenvalue weighted by Crippen LogP contribution is 1.84. The zero-order valence-corrected chi connectivity index (χ0v) is 7.24. The number of guanidine groups is 1. The Bertz CT molecular complexity index is 228. The molecule has 0 atom stereocenters. The number of nitrogens with two attached hydrogens (primary N) is 2. The molecule has 0 unspecified atom stereocenters. The zero-order valence-electron chi connectivity index (χ0n) is 7.24. The Kier molecular flexibility index (Phi) is 4.45. The Morgan fingerprint density at radius 2 is 2.00 bits per heavy atom. The first-order valence-electron chi connectivity index (χ1n) is 3.46. The topological polar surface area (TPSA) is 122 Å². The number of likely N-dealkylation sites (N-methyl/N-ethyl adjacent to an activating group) is 1. The van der Waals surface area contributed by atoms with Crippen LogP contribution < -0.4 is 11.5 Å². The summed E-state index contributed by atoms with van der Waals surface area (Å²) in [6, 6.07) is 0. The fourth-order valence-corrected chi connectivity index (χ4v) is 0.480. The van der Waals surface area contributed by atoms with E-state index in [0.717, 1.165) is 4.90 Å². The van der Waals surface area contributed by atoms with Gasteiger partial charge in [-0.2, -0.15) is 0 Å². The molecule has 0 rings (SSSR count). The molecule has 0 aliphatic carbocycles. The number of hydrogen-bond donors (Lipinski definition) is 3. The molecular formula is C6H12N4O3. The van der Waals surface area contributed by atoms with Crippen LogP contribution in [0, 0.1) is 5.41 Å². The molecule has 0 aromatic heterocycles. The Morgan fingerprint density at radius 1 is 1.46 bits per heavy atom. The SMILES string of the molecule is CN(CC(=O)OC(=O)CN)C(=N)N. The van der Waals surface area contributed by atoms with Crippen molar-refractivity contribution >= 4 is 17.9 Å². The number of hydrogen-bond acceptors (Lipinski definition) is 5. The van der Waals surface area contributed by atoms with Crippen LogP contribution in [0.3, 0.4) is 0 Å². The van der Waals surface area contributed by atoms with Gasteiger partial charge in [-0.3, -0.25) is 10.2 Å². The maximum absolute atomic E-state index is 10.8. The molecule has 7 heteroatoms. The lowest BCUT2D eigenvalue weighted by Crippen LogP contribution is -2.38. The van der Waals surface area contributed by atoms with E-state index in [1.165, 1.54) is 7.05 Å². The van der Waals surface area contributed by atoms with Gasteiger partial charge < -0.3 is 21.1 Å². The summed E-state index contributed by atoms with van der Waals surface area (Å²) in [7, 11) is 1.43. The minimum absolute atomic E-state index is 0.249. The number of nitrogens with zero attached hydrogens (tertiary/aromatic N) is 1. The normalized spacial score (nSPS) is 9.08. The molecule has 0 aromatic carbocycles. The predicted molar refractivity (Wildman–Crippen MR) is 44.7 cm³/mol. The summed E-state index contributed by atoms with van der Waals surface area (Å²) in [5.74, 6) is -1.87. The second-order valence-electron chi connectivity index (χ2n) is 2.29. The highest BCUT2D eigenvalue weighted by Gasteiger charge is 2.11. The van der Waals surface area contributed by atoms with Crippen LogP contribution in [-0.2, 0) is 14.3 Å². The molecule has 0 saturated heterocycles. The lowest BCUT2D eigenvalue weighted by atomic mass is 10.5. The first-order chi connectivity index (χ1) is 5.97. The number of ether oxygens (including phenoxy) is 1. The quantitative estimate of drug-likeness (QED) is 0.201. The molecule has 0 aromatic rings. The molecule has 0 fully saturated rings. The van der Waals surface area contributed by atoms with E-state index in [-0.39, 0.29) is 19.0 Å². The summed E-state index contributed by atoms with van der Waals surface area (Å²) in [5, 5.41) is 6.91. The summed E-state index contributed by atoms with van der Waals surface area (Å²) in [6.45, 7) is -0.601. The molecule has 0 radical (unpaired) electrons. The molecule has 0 aliphatic rings. The van der Waals surface area contributed by atoms with Gasteiger partial charge in [0.25, 0.3) is 0 Å². The van der Waals surface area contributed by atoms with E-state index in [4.69, 9.17) is 16.9 Å². The first-order valence-corrected chi connectivity index (χ1v) is 3.46. The van der Waals surface area contributed by atoms with Gasteiger partial charge in [0, 0.05) is 7.05 Å². The summed E-state index contributed by atoms with van der Waals surface area (Å²) in [6.07, 6.45) is 0. The number of carbonyl (C=O) groups excluding carboxylic acids is 2. The van der Waals surface area contributed by atoms with Crippen molar-refractivity contribution < 1.29 is 14.3 Å². The van der Waals surface area contributed by atoms with Crippen molar-refractivity contribution in [3.8, 4) is 0 Å². The lowest BCUT2D eigenvalue weighted by molar-refractivity contribution is -0.158. The van der Waals surface area contributed by atoms with Crippen molar-refractivity contribution in [1.29, 1.82) is 5.41 Å². The molecule has 0 saturated carbocycles. The zero-order chi connectivity index (χ0) is 10.4. The van der Waals surface area contributed by atoms with E-state index in [0.29, 0.717) is 0 Å². The average molecular weight is 188 g/mol. The number of carbonyl (C=O) groups is 2. The Balaban J connectivity index is 3.88. The van der Waals surface area contributed by atoms with Crippen LogP contribution in [0.25, 0.3) is 0 Å². The molecule has 0 amide bonds. The van der Waals surface area contributed by atoms with Crippen molar-refractivity contribution in [3.63, 3.8) is 0 Å². The summed E-state index contributed by atoms with van der Waals surface area (Å²) < 4.78 is 4.22. The highest BCUT2D eigenvalue weighted by atomic mass is 16.6. The Labute approximate surface area is 75.1 Å². The van der Waals surface area contributed by atoms with Crippen LogP contribution in [-0.4, -0.2) is 42.9 Å². The van der Waals surface area contributed by atoms with Crippen LogP contribution >= 0.6 is 0 Å². The summed E-state index contributed by atoms with van der Waals surface area (Å²) in [5.41, 5.74) is 9.94. The van der Waals surface area contributed by atoms with Crippen LogP contribution in [0.1, 0.15) is 0 Å². The van der Waals surface area contributed by atoms with E-state index in [1.54, 1.807) is 0 Å². The van der Waals surface area contributed by atoms with Crippen molar-refractivity contribution in [2.45, 2.75) is 0 Å². The van der Waals surface area contributed by atoms with Gasteiger partial charge in [-0.25, -0.2) is 4.79 Å². The van der Waals surface area contributed by atoms with Crippen molar-refractivity contribution in [2.75, 3.05) is 20.1 Å². The number of esters is 2. The molecule has 13 heavy (non-hydrogen) atoms. The van der Waals surface area contributed by atoms with E-state index in [1.807, 2.05) is 0 Å². The minimum atomic E-state index is -0.804. The van der Waals surface area contributed by atoms with E-state index in [2.05, 4.69) is 4.74 Å². The van der Waals surface area contributed by atoms with Crippen molar-refractivity contribution in [1.82, 2.24) is 4.90 Å². The van der Waals surface area contributed by atoms with Gasteiger partial charge in [-0.1, -0.05) is 0 Å². The van der Waals surface area contributed by atoms with Gasteiger partial charge in [0.15, 0.2) is 5.96 Å². The predicted octanol–water partition coefficient (Wildman–Crippen LogP) is -2.16. The largest absolute Gasteiger partial charge is 0.391 e. The van der Waals surface area contributed by atoms with Crippen LogP contribution in [0.2, 0.25) is 0 Å². The number of nitrogens with one attached hydrogen (secondary N) is 1. The van der Waals surface area contributed by atoms with Crippen molar-refractivity contribution in [3.05, 3.63) is 0 Å². The van der Waals surface area contributed by atoms with Crippen molar-refractivity contribution in [2.24, 2.45) is 11.5 Å². The molecule has 7 nitrogen and oxygen atoms in total. The molecular weight excluding hydrogens is 176 g/mol. The van der Waals surface area contributed by atoms with Gasteiger partial charge >= 0.3 is 11.9 Å². The van der Waals surface area contributed by atoms with Crippen LogP contribution in [0.5, 0.6) is 0 Å². The Morgan fingerprint density at radius 3 is 2.38 bits per heavy atom. The van der Waals surface area contributed by atoms with E-state index >= 15 is 0 Å². The second-order valence-corrected chi connectivity index (χ2v) is 2.29. The summed E-state index contributed by atoms with van der Waals surface area (Å²) in [4.78, 5) is 22.5. The van der Waals surface area contributed by atoms with Gasteiger partial charge in [0.1, 0.15) is 6.54 Å². The third kappa shape index (κ3) is 4.75. The Hall–Kier alpha value is -1.63. The molecule has 0 spiro atoms. The monoisotopic (exact) mass is 188 g/mol. The van der Waals surface area contributed by atoms with Crippen LogP contribution in [0.15, 0.2) is 0 Å². The van der Waals surface area contributed by atoms with Crippen LogP contribution in [0.4, 0.5) is 0 Å². The second kappa shape index (κ2) is 5.09. The van der Waals surface area contributed by atoms with E-state index < -0.39 is 11.9 Å². The highest BCUT2D eigenvalue weighted by molar-refractivity contribution is 5.89. The molecule has 0 bridgehead atoms. The molecule has 0 heterocycles. The fraction of sp³-hybridized carbons (Fsp3) is 0.500. The lowest BCUT2D eigenvalue weighted by Gasteiger charge is -2.14. The van der Waals surface area contributed by atoms with Gasteiger partial charge in [0.05, 0.1) is 6.54 Å². The average Bonchev–Trinajstić information content (AvgIpc) is 2.03. The van der Waals surface area contributed by atoms with Gasteiger partial charge in [-0.15, -0.1) is 0 Å². The number of rotatable bonds is 3. The minimum Gasteiger partial charge on any atom is -0.391 e. The fourth-order valence-electron chi connectivity index (χ4n) is 0.480. The first kappa shape index (κ1) is 11.4.